The number of nitrogens with zero attached hydrogens (tertiary/aromatic N) is 2. The molecule has 1 N–H and O–H groups in total. The van der Waals surface area contributed by atoms with Crippen LogP contribution in [0.4, 0.5) is 0 Å². The molecule has 168 valence electrons. The van der Waals surface area contributed by atoms with E-state index in [9.17, 15) is 10.1 Å². The maximum Gasteiger partial charge on any atom is 0.271 e. The molecule has 0 aliphatic rings. The average molecular weight is 482 g/mol. The van der Waals surface area contributed by atoms with Gasteiger partial charge in [0.15, 0.2) is 11.5 Å². The first-order valence-electron chi connectivity index (χ1n) is 10.1. The zero-order valence-electron chi connectivity index (χ0n) is 18.1. The van der Waals surface area contributed by atoms with Gasteiger partial charge in [-0.05, 0) is 55.3 Å². The summed E-state index contributed by atoms with van der Waals surface area (Å²) < 4.78 is 11.6. The Morgan fingerprint density at radius 2 is 1.91 bits per heavy atom. The minimum absolute atomic E-state index is 0.159. The number of rotatable bonds is 8. The van der Waals surface area contributed by atoms with Crippen LogP contribution in [-0.2, 0) is 6.61 Å². The lowest BCUT2D eigenvalue weighted by atomic mass is 10.1. The van der Waals surface area contributed by atoms with E-state index in [1.807, 2.05) is 26.0 Å². The van der Waals surface area contributed by atoms with Crippen molar-refractivity contribution in [2.24, 2.45) is 5.10 Å². The van der Waals surface area contributed by atoms with Gasteiger partial charge in [-0.15, -0.1) is 0 Å². The summed E-state index contributed by atoms with van der Waals surface area (Å²) >= 11 is 12.5. The van der Waals surface area contributed by atoms with Crippen LogP contribution in [0.3, 0.4) is 0 Å². The zero-order valence-corrected chi connectivity index (χ0v) is 19.6. The van der Waals surface area contributed by atoms with Crippen LogP contribution in [-0.4, -0.2) is 18.7 Å². The number of carbonyl (C=O) groups excluding carboxylic acids is 1. The van der Waals surface area contributed by atoms with Crippen molar-refractivity contribution in [2.45, 2.75) is 20.5 Å². The molecule has 8 heteroatoms. The third-order valence-corrected chi connectivity index (χ3v) is 5.34. The van der Waals surface area contributed by atoms with Gasteiger partial charge in [0.2, 0.25) is 0 Å². The summed E-state index contributed by atoms with van der Waals surface area (Å²) in [5.41, 5.74) is 5.62. The molecule has 3 aromatic rings. The molecule has 0 spiro atoms. The Balaban J connectivity index is 1.75. The summed E-state index contributed by atoms with van der Waals surface area (Å²) in [6.07, 6.45) is 1.46. The van der Waals surface area contributed by atoms with E-state index in [2.05, 4.69) is 16.6 Å². The predicted molar refractivity (Wildman–Crippen MR) is 129 cm³/mol. The summed E-state index contributed by atoms with van der Waals surface area (Å²) in [7, 11) is 0. The number of hydrazone groups is 1. The number of hydrogen-bond acceptors (Lipinski definition) is 5. The van der Waals surface area contributed by atoms with Crippen LogP contribution in [0.15, 0.2) is 59.7 Å². The predicted octanol–water partition coefficient (Wildman–Crippen LogP) is 5.92. The molecule has 0 aliphatic carbocycles. The third-order valence-electron chi connectivity index (χ3n) is 4.66. The maximum absolute atomic E-state index is 12.3. The second-order valence-electron chi connectivity index (χ2n) is 6.98. The normalized spacial score (nSPS) is 10.6. The van der Waals surface area contributed by atoms with E-state index in [-0.39, 0.29) is 12.5 Å². The van der Waals surface area contributed by atoms with Crippen LogP contribution >= 0.6 is 23.2 Å². The fourth-order valence-electron chi connectivity index (χ4n) is 2.93. The number of hydrogen-bond donors (Lipinski definition) is 1. The highest BCUT2D eigenvalue weighted by Crippen LogP contribution is 2.37. The van der Waals surface area contributed by atoms with Gasteiger partial charge in [0.05, 0.1) is 29.5 Å². The Kier molecular flexibility index (Phi) is 8.31. The monoisotopic (exact) mass is 481 g/mol. The molecular formula is C25H21Cl2N3O3. The minimum atomic E-state index is -0.389. The van der Waals surface area contributed by atoms with Crippen molar-refractivity contribution >= 4 is 35.3 Å². The van der Waals surface area contributed by atoms with Gasteiger partial charge in [-0.3, -0.25) is 4.79 Å². The summed E-state index contributed by atoms with van der Waals surface area (Å²) in [4.78, 5) is 12.3. The number of nitriles is 1. The second-order valence-corrected chi connectivity index (χ2v) is 7.80. The molecule has 1 amide bonds. The molecule has 0 unspecified atom stereocenters. The van der Waals surface area contributed by atoms with Gasteiger partial charge < -0.3 is 9.47 Å². The van der Waals surface area contributed by atoms with E-state index in [1.165, 1.54) is 6.21 Å². The minimum Gasteiger partial charge on any atom is -0.490 e. The van der Waals surface area contributed by atoms with Crippen LogP contribution in [0.2, 0.25) is 10.0 Å². The molecule has 0 heterocycles. The lowest BCUT2D eigenvalue weighted by Crippen LogP contribution is -2.17. The molecule has 0 aliphatic heterocycles. The lowest BCUT2D eigenvalue weighted by molar-refractivity contribution is 0.0955. The summed E-state index contributed by atoms with van der Waals surface area (Å²) in [5.74, 6) is 0.402. The van der Waals surface area contributed by atoms with E-state index in [0.29, 0.717) is 44.8 Å². The van der Waals surface area contributed by atoms with Crippen LogP contribution in [0, 0.1) is 18.3 Å². The van der Waals surface area contributed by atoms with Crippen LogP contribution in [0.5, 0.6) is 11.5 Å². The first kappa shape index (κ1) is 24.1. The zero-order chi connectivity index (χ0) is 23.8. The van der Waals surface area contributed by atoms with Gasteiger partial charge >= 0.3 is 0 Å². The SMILES string of the molecule is CCOc1cc(/C=N\NC(=O)c2ccc(C)c(Cl)c2)cc(Cl)c1OCc1ccccc1C#N. The maximum atomic E-state index is 12.3. The standard InChI is InChI=1S/C25H21Cl2N3O3/c1-3-32-23-11-17(14-29-30-25(31)18-9-8-16(2)21(26)12-18)10-22(27)24(23)33-15-20-7-5-4-6-19(20)13-28/h4-12,14H,3,15H2,1-2H3,(H,30,31)/b29-14-. The summed E-state index contributed by atoms with van der Waals surface area (Å²) in [6.45, 7) is 4.26. The van der Waals surface area contributed by atoms with E-state index < -0.39 is 0 Å². The summed E-state index contributed by atoms with van der Waals surface area (Å²) in [5, 5.41) is 14.1. The Morgan fingerprint density at radius 1 is 1.12 bits per heavy atom. The second kappa shape index (κ2) is 11.4. The van der Waals surface area contributed by atoms with Gasteiger partial charge in [-0.2, -0.15) is 10.4 Å². The number of nitrogens with one attached hydrogen (secondary N) is 1. The van der Waals surface area contributed by atoms with Gasteiger partial charge in [-0.25, -0.2) is 5.43 Å². The van der Waals surface area contributed by atoms with Crippen molar-refractivity contribution in [3.05, 3.63) is 92.5 Å². The lowest BCUT2D eigenvalue weighted by Gasteiger charge is -2.15. The summed E-state index contributed by atoms with van der Waals surface area (Å²) in [6, 6.07) is 17.7. The fourth-order valence-corrected chi connectivity index (χ4v) is 3.39. The molecular weight excluding hydrogens is 461 g/mol. The average Bonchev–Trinajstić information content (AvgIpc) is 2.80. The number of halogens is 2. The van der Waals surface area contributed by atoms with Crippen molar-refractivity contribution in [3.8, 4) is 17.6 Å². The molecule has 6 nitrogen and oxygen atoms in total. The third kappa shape index (κ3) is 6.26. The molecule has 3 rings (SSSR count). The molecule has 0 radical (unpaired) electrons. The van der Waals surface area contributed by atoms with Crippen LogP contribution in [0.25, 0.3) is 0 Å². The van der Waals surface area contributed by atoms with Gasteiger partial charge in [0.25, 0.3) is 5.91 Å². The van der Waals surface area contributed by atoms with Crippen molar-refractivity contribution < 1.29 is 14.3 Å². The number of ether oxygens (including phenoxy) is 2. The molecule has 0 bridgehead atoms. The van der Waals surface area contributed by atoms with E-state index in [0.717, 1.165) is 11.1 Å². The largest absolute Gasteiger partial charge is 0.490 e. The van der Waals surface area contributed by atoms with Gasteiger partial charge in [0.1, 0.15) is 6.61 Å². The quantitative estimate of drug-likeness (QED) is 0.319. The molecule has 0 aromatic heterocycles. The molecule has 0 saturated carbocycles. The van der Waals surface area contributed by atoms with Gasteiger partial charge in [-0.1, -0.05) is 47.5 Å². The number of amides is 1. The Morgan fingerprint density at radius 3 is 2.64 bits per heavy atom. The number of aryl methyl sites for hydroxylation is 1. The van der Waals surface area contributed by atoms with Crippen molar-refractivity contribution in [1.82, 2.24) is 5.43 Å². The molecule has 0 fully saturated rings. The molecule has 33 heavy (non-hydrogen) atoms. The van der Waals surface area contributed by atoms with Gasteiger partial charge in [0, 0.05) is 16.1 Å². The van der Waals surface area contributed by atoms with Crippen LogP contribution < -0.4 is 14.9 Å². The van der Waals surface area contributed by atoms with Crippen LogP contribution in [0.1, 0.15) is 39.5 Å². The van der Waals surface area contributed by atoms with Crippen molar-refractivity contribution in [3.63, 3.8) is 0 Å². The first-order valence-corrected chi connectivity index (χ1v) is 10.8. The highest BCUT2D eigenvalue weighted by atomic mass is 35.5. The Bertz CT molecular complexity index is 1240. The molecule has 0 saturated heterocycles. The number of benzene rings is 3. The first-order chi connectivity index (χ1) is 15.9. The fraction of sp³-hybridized carbons (Fsp3) is 0.160. The van der Waals surface area contributed by atoms with E-state index in [1.54, 1.807) is 42.5 Å². The molecule has 3 aromatic carbocycles. The topological polar surface area (TPSA) is 83.7 Å². The number of carbonyl (C=O) groups is 1. The highest BCUT2D eigenvalue weighted by molar-refractivity contribution is 6.32. The van der Waals surface area contributed by atoms with E-state index in [4.69, 9.17) is 32.7 Å². The molecule has 0 atom stereocenters. The Labute approximate surface area is 202 Å². The Hall–Kier alpha value is -3.53. The van der Waals surface area contributed by atoms with Crippen molar-refractivity contribution in [1.29, 1.82) is 5.26 Å². The van der Waals surface area contributed by atoms with Crippen molar-refractivity contribution in [2.75, 3.05) is 6.61 Å². The van der Waals surface area contributed by atoms with E-state index >= 15 is 0 Å². The highest BCUT2D eigenvalue weighted by Gasteiger charge is 2.14. The smallest absolute Gasteiger partial charge is 0.271 e.